The zero-order valence-corrected chi connectivity index (χ0v) is 12.0. The first-order valence-corrected chi connectivity index (χ1v) is 7.57. The molecule has 0 aromatic heterocycles. The zero-order chi connectivity index (χ0) is 14.8. The molecule has 2 fully saturated rings. The van der Waals surface area contributed by atoms with Gasteiger partial charge in [-0.05, 0) is 45.1 Å². The lowest BCUT2D eigenvalue weighted by Crippen LogP contribution is -2.57. The number of nitrogens with one attached hydrogen (secondary N) is 1. The van der Waals surface area contributed by atoms with E-state index in [1.807, 2.05) is 6.92 Å². The SMILES string of the molecule is CCNC1(CO)CCCC(N(CC(F)(F)F)C2CC2)C1. The second kappa shape index (κ2) is 6.20. The quantitative estimate of drug-likeness (QED) is 0.789. The number of nitrogens with zero attached hydrogens (tertiary/aromatic N) is 1. The monoisotopic (exact) mass is 294 g/mol. The number of hydrogen-bond donors (Lipinski definition) is 2. The van der Waals surface area contributed by atoms with Crippen LogP contribution in [-0.2, 0) is 0 Å². The van der Waals surface area contributed by atoms with Crippen LogP contribution in [0.15, 0.2) is 0 Å². The summed E-state index contributed by atoms with van der Waals surface area (Å²) in [6.07, 6.45) is 0.751. The van der Waals surface area contributed by atoms with Crippen molar-refractivity contribution >= 4 is 0 Å². The van der Waals surface area contributed by atoms with Gasteiger partial charge in [0.05, 0.1) is 13.2 Å². The lowest BCUT2D eigenvalue weighted by molar-refractivity contribution is -0.155. The third kappa shape index (κ3) is 4.09. The molecular formula is C14H25F3N2O. The molecule has 20 heavy (non-hydrogen) atoms. The Kier molecular flexibility index (Phi) is 4.97. The van der Waals surface area contributed by atoms with Gasteiger partial charge in [0.25, 0.3) is 0 Å². The molecule has 0 aromatic rings. The molecule has 0 aliphatic heterocycles. The largest absolute Gasteiger partial charge is 0.401 e. The van der Waals surface area contributed by atoms with Crippen LogP contribution in [0.4, 0.5) is 13.2 Å². The summed E-state index contributed by atoms with van der Waals surface area (Å²) < 4.78 is 38.3. The van der Waals surface area contributed by atoms with Crippen molar-refractivity contribution in [3.8, 4) is 0 Å². The van der Waals surface area contributed by atoms with Crippen LogP contribution in [0.5, 0.6) is 0 Å². The maximum atomic E-state index is 12.8. The van der Waals surface area contributed by atoms with E-state index >= 15 is 0 Å². The molecule has 0 radical (unpaired) electrons. The van der Waals surface area contributed by atoms with Gasteiger partial charge in [-0.15, -0.1) is 0 Å². The van der Waals surface area contributed by atoms with Gasteiger partial charge in [0, 0.05) is 17.6 Å². The summed E-state index contributed by atoms with van der Waals surface area (Å²) >= 11 is 0. The highest BCUT2D eigenvalue weighted by molar-refractivity contribution is 4.99. The van der Waals surface area contributed by atoms with E-state index in [1.54, 1.807) is 4.90 Å². The Balaban J connectivity index is 2.05. The number of rotatable bonds is 6. The lowest BCUT2D eigenvalue weighted by Gasteiger charge is -2.44. The van der Waals surface area contributed by atoms with Gasteiger partial charge in [-0.25, -0.2) is 0 Å². The molecule has 2 aliphatic carbocycles. The summed E-state index contributed by atoms with van der Waals surface area (Å²) in [4.78, 5) is 1.64. The van der Waals surface area contributed by atoms with Crippen LogP contribution in [0.2, 0.25) is 0 Å². The van der Waals surface area contributed by atoms with Gasteiger partial charge in [0.1, 0.15) is 0 Å². The first-order valence-electron chi connectivity index (χ1n) is 7.57. The van der Waals surface area contributed by atoms with E-state index in [9.17, 15) is 18.3 Å². The molecule has 2 N–H and O–H groups in total. The Morgan fingerprint density at radius 2 is 1.95 bits per heavy atom. The van der Waals surface area contributed by atoms with E-state index in [-0.39, 0.29) is 18.7 Å². The summed E-state index contributed by atoms with van der Waals surface area (Å²) in [5, 5.41) is 13.0. The summed E-state index contributed by atoms with van der Waals surface area (Å²) in [6.45, 7) is 1.89. The van der Waals surface area contributed by atoms with Gasteiger partial charge in [-0.1, -0.05) is 6.92 Å². The second-order valence-corrected chi connectivity index (χ2v) is 6.24. The average Bonchev–Trinajstić information content (AvgIpc) is 3.20. The molecule has 3 nitrogen and oxygen atoms in total. The van der Waals surface area contributed by atoms with E-state index in [1.165, 1.54) is 0 Å². The van der Waals surface area contributed by atoms with Crippen molar-refractivity contribution in [3.05, 3.63) is 0 Å². The predicted molar refractivity (Wildman–Crippen MR) is 71.5 cm³/mol. The second-order valence-electron chi connectivity index (χ2n) is 6.24. The number of alkyl halides is 3. The highest BCUT2D eigenvalue weighted by Crippen LogP contribution is 2.38. The van der Waals surface area contributed by atoms with Crippen LogP contribution in [0, 0.1) is 0 Å². The minimum atomic E-state index is -4.14. The molecule has 0 spiro atoms. The third-order valence-electron chi connectivity index (χ3n) is 4.52. The number of hydrogen-bond acceptors (Lipinski definition) is 3. The van der Waals surface area contributed by atoms with E-state index in [0.717, 1.165) is 38.6 Å². The standard InChI is InChI=1S/C14H25F3N2O/c1-2-18-13(10-20)7-3-4-12(8-13)19(11-5-6-11)9-14(15,16)17/h11-12,18,20H,2-10H2,1H3. The molecule has 6 heteroatoms. The normalized spacial score (nSPS) is 31.8. The fraction of sp³-hybridized carbons (Fsp3) is 1.00. The molecular weight excluding hydrogens is 269 g/mol. The van der Waals surface area contributed by atoms with Crippen molar-refractivity contribution in [1.29, 1.82) is 0 Å². The molecule has 0 bridgehead atoms. The van der Waals surface area contributed by atoms with E-state index in [2.05, 4.69) is 5.32 Å². The predicted octanol–water partition coefficient (Wildman–Crippen LogP) is 2.30. The van der Waals surface area contributed by atoms with Crippen LogP contribution in [0.3, 0.4) is 0 Å². The van der Waals surface area contributed by atoms with Gasteiger partial charge in [0.15, 0.2) is 0 Å². The molecule has 2 saturated carbocycles. The molecule has 118 valence electrons. The Morgan fingerprint density at radius 3 is 2.45 bits per heavy atom. The minimum absolute atomic E-state index is 0.00185. The number of likely N-dealkylation sites (N-methyl/N-ethyl adjacent to an activating group) is 1. The van der Waals surface area contributed by atoms with Crippen LogP contribution >= 0.6 is 0 Å². The van der Waals surface area contributed by atoms with Gasteiger partial charge in [-0.2, -0.15) is 13.2 Å². The molecule has 2 unspecified atom stereocenters. The van der Waals surface area contributed by atoms with Crippen molar-refractivity contribution in [1.82, 2.24) is 10.2 Å². The zero-order valence-electron chi connectivity index (χ0n) is 12.0. The molecule has 0 aromatic carbocycles. The van der Waals surface area contributed by atoms with Crippen molar-refractivity contribution < 1.29 is 18.3 Å². The molecule has 0 amide bonds. The Bertz CT molecular complexity index is 316. The summed E-state index contributed by atoms with van der Waals surface area (Å²) in [5.74, 6) is 0. The molecule has 0 saturated heterocycles. The highest BCUT2D eigenvalue weighted by atomic mass is 19.4. The summed E-state index contributed by atoms with van der Waals surface area (Å²) in [5.41, 5.74) is -0.392. The first kappa shape index (κ1) is 16.0. The molecule has 2 aliphatic rings. The smallest absolute Gasteiger partial charge is 0.394 e. The molecule has 2 rings (SSSR count). The maximum Gasteiger partial charge on any atom is 0.401 e. The van der Waals surface area contributed by atoms with Crippen LogP contribution < -0.4 is 5.32 Å². The van der Waals surface area contributed by atoms with E-state index in [4.69, 9.17) is 0 Å². The Morgan fingerprint density at radius 1 is 1.25 bits per heavy atom. The van der Waals surface area contributed by atoms with E-state index < -0.39 is 18.3 Å². The third-order valence-corrected chi connectivity index (χ3v) is 4.52. The Hall–Kier alpha value is -0.330. The first-order chi connectivity index (χ1) is 9.39. The van der Waals surface area contributed by atoms with Crippen LogP contribution in [0.1, 0.15) is 45.4 Å². The topological polar surface area (TPSA) is 35.5 Å². The summed E-state index contributed by atoms with van der Waals surface area (Å²) in [7, 11) is 0. The van der Waals surface area contributed by atoms with Gasteiger partial charge in [-0.3, -0.25) is 4.90 Å². The number of aliphatic hydroxyl groups excluding tert-OH is 1. The van der Waals surface area contributed by atoms with Crippen LogP contribution in [0.25, 0.3) is 0 Å². The van der Waals surface area contributed by atoms with Gasteiger partial charge < -0.3 is 10.4 Å². The van der Waals surface area contributed by atoms with Crippen LogP contribution in [-0.4, -0.2) is 53.5 Å². The van der Waals surface area contributed by atoms with Crippen molar-refractivity contribution in [2.45, 2.75) is 69.2 Å². The maximum absolute atomic E-state index is 12.8. The van der Waals surface area contributed by atoms with Gasteiger partial charge >= 0.3 is 6.18 Å². The number of aliphatic hydroxyl groups is 1. The fourth-order valence-electron chi connectivity index (χ4n) is 3.52. The number of halogens is 3. The van der Waals surface area contributed by atoms with Crippen molar-refractivity contribution in [3.63, 3.8) is 0 Å². The Labute approximate surface area is 118 Å². The average molecular weight is 294 g/mol. The van der Waals surface area contributed by atoms with Gasteiger partial charge in [0.2, 0.25) is 0 Å². The van der Waals surface area contributed by atoms with E-state index in [0.29, 0.717) is 6.42 Å². The molecule has 0 heterocycles. The lowest BCUT2D eigenvalue weighted by atomic mass is 9.78. The highest BCUT2D eigenvalue weighted by Gasteiger charge is 2.45. The molecule has 2 atom stereocenters. The minimum Gasteiger partial charge on any atom is -0.394 e. The van der Waals surface area contributed by atoms with Crippen molar-refractivity contribution in [2.24, 2.45) is 0 Å². The summed E-state index contributed by atoms with van der Waals surface area (Å²) in [6, 6.07) is 0.0295. The fourth-order valence-corrected chi connectivity index (χ4v) is 3.52. The van der Waals surface area contributed by atoms with Crippen molar-refractivity contribution in [2.75, 3.05) is 19.7 Å².